The minimum absolute atomic E-state index is 0.00314. The summed E-state index contributed by atoms with van der Waals surface area (Å²) >= 11 is 0. The van der Waals surface area contributed by atoms with Crippen LogP contribution in [0.3, 0.4) is 0 Å². The zero-order valence-corrected chi connectivity index (χ0v) is 20.9. The van der Waals surface area contributed by atoms with Gasteiger partial charge in [-0.05, 0) is 62.2 Å². The summed E-state index contributed by atoms with van der Waals surface area (Å²) in [5.41, 5.74) is 3.96. The number of para-hydroxylation sites is 1. The number of anilines is 1. The molecule has 0 aliphatic carbocycles. The number of aryl methyl sites for hydroxylation is 1. The molecular formula is C27H37N7O2. The van der Waals surface area contributed by atoms with E-state index in [4.69, 9.17) is 4.74 Å². The van der Waals surface area contributed by atoms with E-state index in [2.05, 4.69) is 48.9 Å². The first-order valence-corrected chi connectivity index (χ1v) is 13.2. The number of carbonyl (C=O) groups excluding carboxylic acids is 1. The number of aromatic nitrogens is 3. The molecule has 0 bridgehead atoms. The van der Waals surface area contributed by atoms with Gasteiger partial charge in [-0.15, -0.1) is 5.10 Å². The van der Waals surface area contributed by atoms with E-state index in [1.807, 2.05) is 35.0 Å². The Hall–Kier alpha value is -3.01. The van der Waals surface area contributed by atoms with Crippen LogP contribution >= 0.6 is 0 Å². The van der Waals surface area contributed by atoms with Crippen LogP contribution in [0.25, 0.3) is 11.0 Å². The minimum Gasteiger partial charge on any atom is -0.379 e. The van der Waals surface area contributed by atoms with Crippen LogP contribution in [0.2, 0.25) is 0 Å². The Labute approximate surface area is 212 Å². The number of hydrogen-bond acceptors (Lipinski definition) is 7. The van der Waals surface area contributed by atoms with Crippen LogP contribution in [0.15, 0.2) is 48.5 Å². The Bertz CT molecular complexity index is 1100. The first-order chi connectivity index (χ1) is 17.8. The molecule has 2 saturated heterocycles. The van der Waals surface area contributed by atoms with Crippen molar-refractivity contribution in [3.05, 3.63) is 54.1 Å². The van der Waals surface area contributed by atoms with E-state index in [-0.39, 0.29) is 5.91 Å². The summed E-state index contributed by atoms with van der Waals surface area (Å²) in [6.07, 6.45) is 3.27. The highest BCUT2D eigenvalue weighted by molar-refractivity contribution is 5.94. The van der Waals surface area contributed by atoms with E-state index in [0.29, 0.717) is 12.6 Å². The summed E-state index contributed by atoms with van der Waals surface area (Å²) in [6.45, 7) is 8.88. The topological polar surface area (TPSA) is 87.6 Å². The maximum Gasteiger partial charge on any atom is 0.251 e. The third-order valence-electron chi connectivity index (χ3n) is 7.21. The summed E-state index contributed by atoms with van der Waals surface area (Å²) in [4.78, 5) is 17.2. The van der Waals surface area contributed by atoms with Crippen molar-refractivity contribution < 1.29 is 9.53 Å². The Balaban J connectivity index is 0.993. The monoisotopic (exact) mass is 491 g/mol. The van der Waals surface area contributed by atoms with E-state index >= 15 is 0 Å². The zero-order valence-electron chi connectivity index (χ0n) is 20.9. The lowest BCUT2D eigenvalue weighted by molar-refractivity contribution is 0.0383. The normalized spacial score (nSPS) is 17.5. The molecule has 9 nitrogen and oxygen atoms in total. The summed E-state index contributed by atoms with van der Waals surface area (Å²) < 4.78 is 7.36. The number of amides is 1. The molecule has 5 rings (SSSR count). The molecule has 2 aliphatic heterocycles. The van der Waals surface area contributed by atoms with Gasteiger partial charge in [0.05, 0.1) is 18.7 Å². The SMILES string of the molecule is O=C(NCCN1CCOCC1)c1ccc(N2CCC(NCCCn3nnc4ccccc43)CC2)cc1. The van der Waals surface area contributed by atoms with E-state index in [0.717, 1.165) is 94.9 Å². The van der Waals surface area contributed by atoms with Gasteiger partial charge in [0, 0.05) is 63.1 Å². The van der Waals surface area contributed by atoms with Crippen molar-refractivity contribution in [1.29, 1.82) is 0 Å². The molecule has 192 valence electrons. The van der Waals surface area contributed by atoms with Crippen molar-refractivity contribution in [3.8, 4) is 0 Å². The maximum absolute atomic E-state index is 12.5. The number of ether oxygens (including phenoxy) is 1. The minimum atomic E-state index is -0.00314. The molecule has 1 aromatic heterocycles. The van der Waals surface area contributed by atoms with Crippen molar-refractivity contribution in [2.45, 2.75) is 31.8 Å². The predicted molar refractivity (Wildman–Crippen MR) is 141 cm³/mol. The van der Waals surface area contributed by atoms with Crippen LogP contribution in [0.5, 0.6) is 0 Å². The van der Waals surface area contributed by atoms with Gasteiger partial charge in [-0.1, -0.05) is 17.3 Å². The number of morpholine rings is 1. The van der Waals surface area contributed by atoms with Gasteiger partial charge in [0.2, 0.25) is 0 Å². The van der Waals surface area contributed by atoms with Gasteiger partial charge in [0.1, 0.15) is 5.52 Å². The molecule has 2 aromatic carbocycles. The fourth-order valence-corrected chi connectivity index (χ4v) is 5.04. The number of nitrogens with zero attached hydrogens (tertiary/aromatic N) is 5. The second-order valence-electron chi connectivity index (χ2n) is 9.63. The van der Waals surface area contributed by atoms with Crippen molar-refractivity contribution in [1.82, 2.24) is 30.5 Å². The van der Waals surface area contributed by atoms with Crippen LogP contribution in [0.1, 0.15) is 29.6 Å². The van der Waals surface area contributed by atoms with Gasteiger partial charge in [-0.2, -0.15) is 0 Å². The number of benzene rings is 2. The summed E-state index contributed by atoms with van der Waals surface area (Å²) in [5, 5.41) is 15.3. The van der Waals surface area contributed by atoms with E-state index in [1.54, 1.807) is 0 Å². The molecule has 0 unspecified atom stereocenters. The van der Waals surface area contributed by atoms with Crippen LogP contribution in [-0.2, 0) is 11.3 Å². The van der Waals surface area contributed by atoms with Gasteiger partial charge in [-0.3, -0.25) is 9.69 Å². The average Bonchev–Trinajstić information content (AvgIpc) is 3.35. The van der Waals surface area contributed by atoms with E-state index in [9.17, 15) is 4.79 Å². The number of rotatable bonds is 10. The standard InChI is InChI=1S/C27H37N7O2/c35-27(29-13-17-32-18-20-36-21-19-32)22-6-8-24(9-7-22)33-15-10-23(11-16-33)28-12-3-14-34-26-5-2-1-4-25(26)30-31-34/h1-2,4-9,23,28H,3,10-21H2,(H,29,35). The van der Waals surface area contributed by atoms with Crippen molar-refractivity contribution in [2.24, 2.45) is 0 Å². The molecule has 0 spiro atoms. The molecule has 0 saturated carbocycles. The highest BCUT2D eigenvalue weighted by Crippen LogP contribution is 2.21. The fourth-order valence-electron chi connectivity index (χ4n) is 5.04. The highest BCUT2D eigenvalue weighted by atomic mass is 16.5. The van der Waals surface area contributed by atoms with E-state index < -0.39 is 0 Å². The number of fused-ring (bicyclic) bond motifs is 1. The zero-order chi connectivity index (χ0) is 24.6. The van der Waals surface area contributed by atoms with Crippen LogP contribution in [0, 0.1) is 0 Å². The van der Waals surface area contributed by atoms with Gasteiger partial charge >= 0.3 is 0 Å². The Morgan fingerprint density at radius 3 is 2.53 bits per heavy atom. The Morgan fingerprint density at radius 1 is 0.944 bits per heavy atom. The molecule has 0 atom stereocenters. The average molecular weight is 492 g/mol. The molecule has 2 fully saturated rings. The number of piperidine rings is 1. The molecular weight excluding hydrogens is 454 g/mol. The third kappa shape index (κ3) is 6.40. The first-order valence-electron chi connectivity index (χ1n) is 13.2. The molecule has 3 aromatic rings. The first kappa shape index (κ1) is 24.7. The largest absolute Gasteiger partial charge is 0.379 e. The number of hydrogen-bond donors (Lipinski definition) is 2. The Morgan fingerprint density at radius 2 is 1.72 bits per heavy atom. The highest BCUT2D eigenvalue weighted by Gasteiger charge is 2.19. The second kappa shape index (κ2) is 12.3. The van der Waals surface area contributed by atoms with Gasteiger partial charge in [0.25, 0.3) is 5.91 Å². The number of nitrogens with one attached hydrogen (secondary N) is 2. The Kier molecular flexibility index (Phi) is 8.43. The molecule has 2 aliphatic rings. The van der Waals surface area contributed by atoms with Crippen molar-refractivity contribution in [2.75, 3.05) is 63.9 Å². The quantitative estimate of drug-likeness (QED) is 0.420. The molecule has 1 amide bonds. The molecule has 3 heterocycles. The summed E-state index contributed by atoms with van der Waals surface area (Å²) in [6, 6.07) is 16.7. The smallest absolute Gasteiger partial charge is 0.251 e. The van der Waals surface area contributed by atoms with Gasteiger partial charge in [-0.25, -0.2) is 4.68 Å². The second-order valence-corrected chi connectivity index (χ2v) is 9.63. The van der Waals surface area contributed by atoms with Gasteiger partial charge in [0.15, 0.2) is 0 Å². The summed E-state index contributed by atoms with van der Waals surface area (Å²) in [7, 11) is 0. The lowest BCUT2D eigenvalue weighted by Crippen LogP contribution is -2.43. The van der Waals surface area contributed by atoms with Crippen LogP contribution < -0.4 is 15.5 Å². The lowest BCUT2D eigenvalue weighted by Gasteiger charge is -2.34. The van der Waals surface area contributed by atoms with Crippen molar-refractivity contribution >= 4 is 22.6 Å². The molecule has 36 heavy (non-hydrogen) atoms. The van der Waals surface area contributed by atoms with E-state index in [1.165, 1.54) is 5.69 Å². The fraction of sp³-hybridized carbons (Fsp3) is 0.519. The molecule has 2 N–H and O–H groups in total. The van der Waals surface area contributed by atoms with Gasteiger partial charge < -0.3 is 20.3 Å². The third-order valence-corrected chi connectivity index (χ3v) is 7.21. The van der Waals surface area contributed by atoms with Crippen LogP contribution in [-0.4, -0.2) is 90.9 Å². The number of carbonyl (C=O) groups is 1. The predicted octanol–water partition coefficient (Wildman–Crippen LogP) is 2.14. The molecule has 0 radical (unpaired) electrons. The maximum atomic E-state index is 12.5. The summed E-state index contributed by atoms with van der Waals surface area (Å²) in [5.74, 6) is -0.00314. The lowest BCUT2D eigenvalue weighted by atomic mass is 10.0. The molecule has 9 heteroatoms. The van der Waals surface area contributed by atoms with Crippen LogP contribution in [0.4, 0.5) is 5.69 Å². The van der Waals surface area contributed by atoms with Crippen molar-refractivity contribution in [3.63, 3.8) is 0 Å².